The van der Waals surface area contributed by atoms with Crippen molar-refractivity contribution >= 4 is 5.97 Å². The molecule has 0 saturated carbocycles. The maximum absolute atomic E-state index is 12.2. The van der Waals surface area contributed by atoms with Crippen molar-refractivity contribution in [2.24, 2.45) is 0 Å². The van der Waals surface area contributed by atoms with Gasteiger partial charge in [0, 0.05) is 13.0 Å². The Morgan fingerprint density at radius 2 is 0.818 bits per heavy atom. The SMILES string of the molecule is CC/C=C\C/C=C\C/C=C\C/C=C\CCCCCCCCCCC(=O)OC(CO)COCCCCCCCCCCCCCCCCCCCCCCCC. The van der Waals surface area contributed by atoms with Crippen molar-refractivity contribution in [3.05, 3.63) is 48.6 Å². The first-order chi connectivity index (χ1) is 27.2. The number of aliphatic hydroxyl groups is 1. The summed E-state index contributed by atoms with van der Waals surface area (Å²) in [6.07, 6.45) is 63.4. The van der Waals surface area contributed by atoms with Crippen LogP contribution >= 0.6 is 0 Å². The molecule has 0 aromatic heterocycles. The molecular formula is C51H94O4. The molecule has 0 aliphatic rings. The summed E-state index contributed by atoms with van der Waals surface area (Å²) in [7, 11) is 0. The van der Waals surface area contributed by atoms with E-state index >= 15 is 0 Å². The Labute approximate surface area is 343 Å². The Morgan fingerprint density at radius 3 is 1.24 bits per heavy atom. The molecule has 1 unspecified atom stereocenters. The molecule has 0 fully saturated rings. The highest BCUT2D eigenvalue weighted by Gasteiger charge is 2.13. The molecule has 1 atom stereocenters. The maximum atomic E-state index is 12.2. The number of allylic oxidation sites excluding steroid dienone is 8. The summed E-state index contributed by atoms with van der Waals surface area (Å²) in [5, 5.41) is 9.64. The Bertz CT molecular complexity index is 859. The van der Waals surface area contributed by atoms with Crippen LogP contribution in [0.15, 0.2) is 48.6 Å². The third-order valence-corrected chi connectivity index (χ3v) is 10.7. The van der Waals surface area contributed by atoms with Crippen LogP contribution in [-0.4, -0.2) is 37.0 Å². The van der Waals surface area contributed by atoms with Gasteiger partial charge in [0.05, 0.1) is 13.2 Å². The summed E-state index contributed by atoms with van der Waals surface area (Å²) in [5.41, 5.74) is 0. The lowest BCUT2D eigenvalue weighted by Gasteiger charge is -2.16. The number of esters is 1. The molecule has 0 aromatic rings. The van der Waals surface area contributed by atoms with Gasteiger partial charge in [-0.25, -0.2) is 0 Å². The average molecular weight is 771 g/mol. The number of unbranched alkanes of at least 4 members (excludes halogenated alkanes) is 29. The van der Waals surface area contributed by atoms with E-state index in [2.05, 4.69) is 62.5 Å². The van der Waals surface area contributed by atoms with E-state index in [1.807, 2.05) is 0 Å². The zero-order chi connectivity index (χ0) is 39.8. The van der Waals surface area contributed by atoms with Crippen LogP contribution < -0.4 is 0 Å². The number of carbonyl (C=O) groups is 1. The van der Waals surface area contributed by atoms with E-state index in [0.717, 1.165) is 44.9 Å². The van der Waals surface area contributed by atoms with Gasteiger partial charge >= 0.3 is 5.97 Å². The normalized spacial score (nSPS) is 12.7. The van der Waals surface area contributed by atoms with E-state index in [9.17, 15) is 9.90 Å². The second-order valence-electron chi connectivity index (χ2n) is 16.2. The van der Waals surface area contributed by atoms with Crippen LogP contribution in [0.3, 0.4) is 0 Å². The summed E-state index contributed by atoms with van der Waals surface area (Å²) in [6, 6.07) is 0. The summed E-state index contributed by atoms with van der Waals surface area (Å²) < 4.78 is 11.2. The zero-order valence-corrected chi connectivity index (χ0v) is 36.9. The van der Waals surface area contributed by atoms with Gasteiger partial charge in [-0.15, -0.1) is 0 Å². The summed E-state index contributed by atoms with van der Waals surface area (Å²) >= 11 is 0. The molecule has 0 aliphatic carbocycles. The van der Waals surface area contributed by atoms with Crippen LogP contribution in [0.5, 0.6) is 0 Å². The topological polar surface area (TPSA) is 55.8 Å². The molecule has 0 spiro atoms. The maximum Gasteiger partial charge on any atom is 0.306 e. The van der Waals surface area contributed by atoms with E-state index < -0.39 is 6.10 Å². The van der Waals surface area contributed by atoms with Crippen LogP contribution in [0.2, 0.25) is 0 Å². The molecule has 4 heteroatoms. The van der Waals surface area contributed by atoms with Gasteiger partial charge in [-0.1, -0.05) is 236 Å². The molecule has 55 heavy (non-hydrogen) atoms. The van der Waals surface area contributed by atoms with Crippen molar-refractivity contribution in [1.82, 2.24) is 0 Å². The Morgan fingerprint density at radius 1 is 0.455 bits per heavy atom. The predicted octanol–water partition coefficient (Wildman–Crippen LogP) is 16.2. The highest BCUT2D eigenvalue weighted by atomic mass is 16.6. The van der Waals surface area contributed by atoms with E-state index in [-0.39, 0.29) is 12.6 Å². The van der Waals surface area contributed by atoms with Gasteiger partial charge in [-0.2, -0.15) is 0 Å². The van der Waals surface area contributed by atoms with Crippen molar-refractivity contribution in [1.29, 1.82) is 0 Å². The van der Waals surface area contributed by atoms with E-state index in [4.69, 9.17) is 9.47 Å². The molecule has 0 heterocycles. The van der Waals surface area contributed by atoms with Crippen molar-refractivity contribution in [2.45, 2.75) is 251 Å². The van der Waals surface area contributed by atoms with E-state index in [1.54, 1.807) is 0 Å². The standard InChI is InChI=1S/C51H94O4/c1-3-5-7-9-11-13-15-17-19-21-23-25-27-29-31-33-35-37-39-41-43-45-47-54-49-50(48-52)55-51(53)46-44-42-40-38-36-34-32-30-28-26-24-22-20-18-16-14-12-10-8-6-4-2/h6,8,12,14,18,20,24,26,50,52H,3-5,7,9-11,13,15-17,19,21-23,25,27-49H2,1-2H3/b8-6-,14-12-,20-18-,26-24-. The average Bonchev–Trinajstić information content (AvgIpc) is 3.19. The van der Waals surface area contributed by atoms with Crippen LogP contribution in [-0.2, 0) is 14.3 Å². The van der Waals surface area contributed by atoms with Crippen LogP contribution in [0.25, 0.3) is 0 Å². The summed E-state index contributed by atoms with van der Waals surface area (Å²) in [6.45, 7) is 5.26. The number of hydrogen-bond donors (Lipinski definition) is 1. The van der Waals surface area contributed by atoms with Gasteiger partial charge in [-0.05, 0) is 51.4 Å². The first-order valence-corrected chi connectivity index (χ1v) is 24.2. The predicted molar refractivity (Wildman–Crippen MR) is 242 cm³/mol. The quantitative estimate of drug-likeness (QED) is 0.0381. The number of ether oxygens (including phenoxy) is 2. The van der Waals surface area contributed by atoms with Gasteiger partial charge in [0.1, 0.15) is 6.10 Å². The highest BCUT2D eigenvalue weighted by Crippen LogP contribution is 2.16. The van der Waals surface area contributed by atoms with Crippen LogP contribution in [0.4, 0.5) is 0 Å². The van der Waals surface area contributed by atoms with E-state index in [1.165, 1.54) is 180 Å². The largest absolute Gasteiger partial charge is 0.457 e. The molecule has 0 saturated heterocycles. The Kier molecular flexibility index (Phi) is 47.0. The van der Waals surface area contributed by atoms with Crippen molar-refractivity contribution in [3.63, 3.8) is 0 Å². The molecule has 0 rings (SSSR count). The fourth-order valence-electron chi connectivity index (χ4n) is 7.09. The monoisotopic (exact) mass is 771 g/mol. The molecule has 0 bridgehead atoms. The van der Waals surface area contributed by atoms with Crippen LogP contribution in [0.1, 0.15) is 245 Å². The minimum Gasteiger partial charge on any atom is -0.457 e. The van der Waals surface area contributed by atoms with Gasteiger partial charge in [0.25, 0.3) is 0 Å². The third-order valence-electron chi connectivity index (χ3n) is 10.7. The van der Waals surface area contributed by atoms with Gasteiger partial charge in [0.2, 0.25) is 0 Å². The third kappa shape index (κ3) is 46.6. The number of rotatable bonds is 45. The minimum absolute atomic E-state index is 0.173. The fourth-order valence-corrected chi connectivity index (χ4v) is 7.09. The summed E-state index contributed by atoms with van der Waals surface area (Å²) in [5.74, 6) is -0.206. The first-order valence-electron chi connectivity index (χ1n) is 24.2. The van der Waals surface area contributed by atoms with Crippen molar-refractivity contribution < 1.29 is 19.4 Å². The highest BCUT2D eigenvalue weighted by molar-refractivity contribution is 5.69. The fraction of sp³-hybridized carbons (Fsp3) is 0.824. The minimum atomic E-state index is -0.538. The number of hydrogen-bond acceptors (Lipinski definition) is 4. The van der Waals surface area contributed by atoms with Gasteiger partial charge in [0.15, 0.2) is 0 Å². The Hall–Kier alpha value is -1.65. The molecule has 0 aromatic carbocycles. The van der Waals surface area contributed by atoms with E-state index in [0.29, 0.717) is 19.6 Å². The lowest BCUT2D eigenvalue weighted by molar-refractivity contribution is -0.154. The van der Waals surface area contributed by atoms with Gasteiger partial charge in [-0.3, -0.25) is 4.79 Å². The smallest absolute Gasteiger partial charge is 0.306 e. The molecule has 322 valence electrons. The molecule has 1 N–H and O–H groups in total. The first kappa shape index (κ1) is 53.4. The molecule has 4 nitrogen and oxygen atoms in total. The van der Waals surface area contributed by atoms with Gasteiger partial charge < -0.3 is 14.6 Å². The summed E-state index contributed by atoms with van der Waals surface area (Å²) in [4.78, 5) is 12.2. The number of carbonyl (C=O) groups excluding carboxylic acids is 1. The van der Waals surface area contributed by atoms with Crippen molar-refractivity contribution in [2.75, 3.05) is 19.8 Å². The molecular weight excluding hydrogens is 677 g/mol. The lowest BCUT2D eigenvalue weighted by Crippen LogP contribution is -2.27. The zero-order valence-electron chi connectivity index (χ0n) is 36.9. The second-order valence-corrected chi connectivity index (χ2v) is 16.2. The molecule has 0 radical (unpaired) electrons. The lowest BCUT2D eigenvalue weighted by atomic mass is 10.0. The molecule has 0 amide bonds. The number of aliphatic hydroxyl groups excluding tert-OH is 1. The molecule has 0 aliphatic heterocycles. The van der Waals surface area contributed by atoms with Crippen LogP contribution in [0, 0.1) is 0 Å². The Balaban J connectivity index is 3.40. The second kappa shape index (κ2) is 48.5. The van der Waals surface area contributed by atoms with Crippen molar-refractivity contribution in [3.8, 4) is 0 Å².